The number of unbranched alkanes of at least 4 members (excludes halogenated alkanes) is 2. The molecular formula is C32H34N2O6. The van der Waals surface area contributed by atoms with Gasteiger partial charge in [-0.3, -0.25) is 14.6 Å². The SMILES string of the molecule is CCCCCOc1ccc([C@H]2C(=C(O)c3ccc4c(c3)C[C@H](C)O4)C(=O)C(=O)N2Cc2ccncc2)cc1OC. The number of carbonyl (C=O) groups is 2. The van der Waals surface area contributed by atoms with Gasteiger partial charge in [0.15, 0.2) is 11.5 Å². The Balaban J connectivity index is 1.58. The summed E-state index contributed by atoms with van der Waals surface area (Å²) < 4.78 is 17.4. The molecule has 3 aromatic rings. The molecule has 0 bridgehead atoms. The van der Waals surface area contributed by atoms with Gasteiger partial charge in [0.25, 0.3) is 11.7 Å². The molecule has 0 aliphatic carbocycles. The van der Waals surface area contributed by atoms with Crippen molar-refractivity contribution in [1.29, 1.82) is 0 Å². The van der Waals surface area contributed by atoms with Crippen molar-refractivity contribution in [1.82, 2.24) is 9.88 Å². The maximum absolute atomic E-state index is 13.5. The van der Waals surface area contributed by atoms with Crippen LogP contribution in [-0.2, 0) is 22.6 Å². The number of aliphatic hydroxyl groups excluding tert-OH is 1. The standard InChI is InChI=1S/C32H34N2O6/c1-4-5-6-15-39-26-10-7-22(18-27(26)38-3)29-28(30(35)23-8-9-25-24(17-23)16-20(2)40-25)31(36)32(37)34(29)19-21-11-13-33-14-12-21/h7-14,17-18,20,29,35H,4-6,15-16,19H2,1-3H3/t20-,29-/m0/s1. The largest absolute Gasteiger partial charge is 0.507 e. The lowest BCUT2D eigenvalue weighted by Crippen LogP contribution is -2.29. The number of amides is 1. The van der Waals surface area contributed by atoms with E-state index < -0.39 is 17.7 Å². The number of pyridine rings is 1. The van der Waals surface area contributed by atoms with Crippen molar-refractivity contribution in [2.24, 2.45) is 0 Å². The van der Waals surface area contributed by atoms with E-state index in [0.29, 0.717) is 35.7 Å². The molecule has 2 aromatic carbocycles. The highest BCUT2D eigenvalue weighted by atomic mass is 16.5. The van der Waals surface area contributed by atoms with E-state index in [-0.39, 0.29) is 24.0 Å². The van der Waals surface area contributed by atoms with Gasteiger partial charge >= 0.3 is 0 Å². The first-order chi connectivity index (χ1) is 19.4. The molecule has 8 heteroatoms. The first-order valence-corrected chi connectivity index (χ1v) is 13.7. The fourth-order valence-corrected chi connectivity index (χ4v) is 5.31. The molecule has 1 N–H and O–H groups in total. The van der Waals surface area contributed by atoms with Crippen LogP contribution in [0.25, 0.3) is 5.76 Å². The summed E-state index contributed by atoms with van der Waals surface area (Å²) in [6.07, 6.45) is 7.10. The number of carbonyl (C=O) groups excluding carboxylic acids is 2. The van der Waals surface area contributed by atoms with Crippen molar-refractivity contribution >= 4 is 17.4 Å². The second-order valence-electron chi connectivity index (χ2n) is 10.2. The van der Waals surface area contributed by atoms with Gasteiger partial charge in [-0.25, -0.2) is 0 Å². The van der Waals surface area contributed by atoms with Crippen LogP contribution in [0.5, 0.6) is 17.2 Å². The summed E-state index contributed by atoms with van der Waals surface area (Å²) in [6.45, 7) is 4.84. The van der Waals surface area contributed by atoms with E-state index in [0.717, 1.165) is 36.1 Å². The molecule has 8 nitrogen and oxygen atoms in total. The third-order valence-corrected chi connectivity index (χ3v) is 7.32. The zero-order chi connectivity index (χ0) is 28.2. The van der Waals surface area contributed by atoms with Crippen LogP contribution in [-0.4, -0.2) is 46.5 Å². The average Bonchev–Trinajstić information content (AvgIpc) is 3.46. The third-order valence-electron chi connectivity index (χ3n) is 7.32. The molecule has 1 saturated heterocycles. The molecule has 5 rings (SSSR count). The molecule has 0 unspecified atom stereocenters. The van der Waals surface area contributed by atoms with Crippen molar-refractivity contribution < 1.29 is 28.9 Å². The van der Waals surface area contributed by atoms with Gasteiger partial charge in [0.2, 0.25) is 0 Å². The molecule has 1 amide bonds. The van der Waals surface area contributed by atoms with Crippen LogP contribution in [0.1, 0.15) is 61.4 Å². The number of aromatic nitrogens is 1. The normalized spacial score (nSPS) is 19.4. The highest BCUT2D eigenvalue weighted by molar-refractivity contribution is 6.46. The number of Topliss-reactive ketones (excluding diaryl/α,β-unsaturated/α-hetero) is 1. The molecule has 0 radical (unpaired) electrons. The van der Waals surface area contributed by atoms with Crippen molar-refractivity contribution in [3.63, 3.8) is 0 Å². The van der Waals surface area contributed by atoms with Crippen molar-refractivity contribution in [3.8, 4) is 17.2 Å². The minimum Gasteiger partial charge on any atom is -0.507 e. The Kier molecular flexibility index (Phi) is 8.05. The number of ether oxygens (including phenoxy) is 3. The summed E-state index contributed by atoms with van der Waals surface area (Å²) in [5.74, 6) is 0.203. The number of hydrogen-bond donors (Lipinski definition) is 1. The fourth-order valence-electron chi connectivity index (χ4n) is 5.31. The van der Waals surface area contributed by atoms with E-state index in [1.54, 1.807) is 55.9 Å². The number of methoxy groups -OCH3 is 1. The van der Waals surface area contributed by atoms with Crippen molar-refractivity contribution in [3.05, 3.63) is 88.8 Å². The summed E-state index contributed by atoms with van der Waals surface area (Å²) in [5, 5.41) is 11.5. The number of aliphatic hydroxyl groups is 1. The second kappa shape index (κ2) is 11.8. The molecular weight excluding hydrogens is 508 g/mol. The van der Waals surface area contributed by atoms with E-state index in [4.69, 9.17) is 14.2 Å². The predicted molar refractivity (Wildman–Crippen MR) is 150 cm³/mol. The molecule has 1 fully saturated rings. The molecule has 3 heterocycles. The van der Waals surface area contributed by atoms with E-state index in [1.165, 1.54) is 4.90 Å². The van der Waals surface area contributed by atoms with Gasteiger partial charge < -0.3 is 24.2 Å². The van der Waals surface area contributed by atoms with Crippen molar-refractivity contribution in [2.75, 3.05) is 13.7 Å². The first kappa shape index (κ1) is 27.2. The molecule has 0 spiro atoms. The van der Waals surface area contributed by atoms with Crippen LogP contribution in [0, 0.1) is 0 Å². The Morgan fingerprint density at radius 2 is 1.88 bits per heavy atom. The average molecular weight is 543 g/mol. The zero-order valence-electron chi connectivity index (χ0n) is 23.1. The minimum atomic E-state index is -0.834. The lowest BCUT2D eigenvalue weighted by molar-refractivity contribution is -0.140. The van der Waals surface area contributed by atoms with Gasteiger partial charge in [-0.05, 0) is 72.5 Å². The Labute approximate surface area is 234 Å². The number of benzene rings is 2. The third kappa shape index (κ3) is 5.39. The van der Waals surface area contributed by atoms with Crippen LogP contribution >= 0.6 is 0 Å². The van der Waals surface area contributed by atoms with Gasteiger partial charge in [-0.2, -0.15) is 0 Å². The first-order valence-electron chi connectivity index (χ1n) is 13.7. The van der Waals surface area contributed by atoms with Gasteiger partial charge in [-0.1, -0.05) is 25.8 Å². The topological polar surface area (TPSA) is 98.2 Å². The summed E-state index contributed by atoms with van der Waals surface area (Å²) in [7, 11) is 1.56. The molecule has 40 heavy (non-hydrogen) atoms. The molecule has 0 saturated carbocycles. The lowest BCUT2D eigenvalue weighted by atomic mass is 9.94. The highest BCUT2D eigenvalue weighted by Crippen LogP contribution is 2.43. The number of nitrogens with zero attached hydrogens (tertiary/aromatic N) is 2. The monoisotopic (exact) mass is 542 g/mol. The van der Waals surface area contributed by atoms with Gasteiger partial charge in [0.1, 0.15) is 17.6 Å². The van der Waals surface area contributed by atoms with Crippen LogP contribution in [0.3, 0.4) is 0 Å². The maximum atomic E-state index is 13.5. The van der Waals surface area contributed by atoms with Gasteiger partial charge in [0.05, 0.1) is 25.3 Å². The summed E-state index contributed by atoms with van der Waals surface area (Å²) in [4.78, 5) is 32.5. The molecule has 2 aliphatic heterocycles. The highest BCUT2D eigenvalue weighted by Gasteiger charge is 2.46. The maximum Gasteiger partial charge on any atom is 0.295 e. The second-order valence-corrected chi connectivity index (χ2v) is 10.2. The Morgan fingerprint density at radius 1 is 1.07 bits per heavy atom. The summed E-state index contributed by atoms with van der Waals surface area (Å²) in [5.41, 5.74) is 2.89. The number of likely N-dealkylation sites (tertiary alicyclic amines) is 1. The zero-order valence-corrected chi connectivity index (χ0v) is 23.1. The van der Waals surface area contributed by atoms with Crippen LogP contribution in [0.2, 0.25) is 0 Å². The summed E-state index contributed by atoms with van der Waals surface area (Å²) in [6, 6.07) is 13.5. The van der Waals surface area contributed by atoms with Gasteiger partial charge in [-0.15, -0.1) is 0 Å². The predicted octanol–water partition coefficient (Wildman–Crippen LogP) is 5.60. The van der Waals surface area contributed by atoms with Gasteiger partial charge in [0, 0.05) is 30.9 Å². The smallest absolute Gasteiger partial charge is 0.295 e. The molecule has 208 valence electrons. The number of ketones is 1. The number of rotatable bonds is 10. The molecule has 2 aliphatic rings. The van der Waals surface area contributed by atoms with E-state index >= 15 is 0 Å². The van der Waals surface area contributed by atoms with Crippen LogP contribution in [0.15, 0.2) is 66.5 Å². The summed E-state index contributed by atoms with van der Waals surface area (Å²) >= 11 is 0. The van der Waals surface area contributed by atoms with Crippen molar-refractivity contribution in [2.45, 2.75) is 58.2 Å². The Morgan fingerprint density at radius 3 is 2.62 bits per heavy atom. The molecule has 2 atom stereocenters. The number of fused-ring (bicyclic) bond motifs is 1. The van der Waals surface area contributed by atoms with E-state index in [2.05, 4.69) is 11.9 Å². The number of hydrogen-bond acceptors (Lipinski definition) is 7. The lowest BCUT2D eigenvalue weighted by Gasteiger charge is -2.26. The quantitative estimate of drug-likeness (QED) is 0.154. The Bertz CT molecular complexity index is 1430. The minimum absolute atomic E-state index is 0.0321. The van der Waals surface area contributed by atoms with Crippen LogP contribution in [0.4, 0.5) is 0 Å². The van der Waals surface area contributed by atoms with E-state index in [1.807, 2.05) is 19.1 Å². The van der Waals surface area contributed by atoms with Crippen LogP contribution < -0.4 is 14.2 Å². The Hall–Kier alpha value is -4.33. The fraction of sp³-hybridized carbons (Fsp3) is 0.344. The van der Waals surface area contributed by atoms with E-state index in [9.17, 15) is 14.7 Å². The molecule has 1 aromatic heterocycles.